The van der Waals surface area contributed by atoms with Gasteiger partial charge < -0.3 is 24.8 Å². The summed E-state index contributed by atoms with van der Waals surface area (Å²) in [6.45, 7) is 0.939. The number of fused-ring (bicyclic) bond motifs is 3. The topological polar surface area (TPSA) is 64.1 Å². The molecule has 8 heteroatoms. The largest absolute Gasteiger partial charge is 0.454 e. The van der Waals surface area contributed by atoms with Gasteiger partial charge in [0.2, 0.25) is 6.79 Å². The van der Waals surface area contributed by atoms with Crippen LogP contribution in [0.3, 0.4) is 0 Å². The molecular weight excluding hydrogens is 489 g/mol. The average molecular weight is 510 g/mol. The molecule has 0 radical (unpaired) electrons. The molecule has 3 unspecified atom stereocenters. The Morgan fingerprint density at radius 1 is 1.33 bits per heavy atom. The number of ether oxygens (including phenoxy) is 3. The second kappa shape index (κ2) is 7.65. The summed E-state index contributed by atoms with van der Waals surface area (Å²) in [7, 11) is 1.79. The summed E-state index contributed by atoms with van der Waals surface area (Å²) in [4.78, 5) is 4.32. The summed E-state index contributed by atoms with van der Waals surface area (Å²) in [5, 5.41) is 6.84. The standard InChI is InChI=1S/C16H20BrN3O3.HI/c1-18-16(20-12-6-10-2-3-13(12)23-10)19-7-9-4-11(17)15-14(5-9)21-8-22-15;/h4-5,10,12-13H,2-3,6-8H2,1H3,(H2,18,19,20);1H. The summed E-state index contributed by atoms with van der Waals surface area (Å²) in [5.74, 6) is 2.36. The summed E-state index contributed by atoms with van der Waals surface area (Å²) >= 11 is 3.52. The lowest BCUT2D eigenvalue weighted by Crippen LogP contribution is -2.47. The van der Waals surface area contributed by atoms with Crippen LogP contribution >= 0.6 is 39.9 Å². The van der Waals surface area contributed by atoms with Crippen molar-refractivity contribution < 1.29 is 14.2 Å². The van der Waals surface area contributed by atoms with Gasteiger partial charge in [-0.25, -0.2) is 0 Å². The van der Waals surface area contributed by atoms with Gasteiger partial charge in [-0.3, -0.25) is 4.99 Å². The number of hydrogen-bond donors (Lipinski definition) is 2. The van der Waals surface area contributed by atoms with Gasteiger partial charge in [0.05, 0.1) is 22.7 Å². The first-order valence-corrected chi connectivity index (χ1v) is 8.73. The van der Waals surface area contributed by atoms with Crippen LogP contribution in [0, 0.1) is 0 Å². The lowest BCUT2D eigenvalue weighted by atomic mass is 9.96. The monoisotopic (exact) mass is 509 g/mol. The zero-order chi connectivity index (χ0) is 15.8. The maximum absolute atomic E-state index is 5.88. The molecule has 2 N–H and O–H groups in total. The van der Waals surface area contributed by atoms with Crippen LogP contribution < -0.4 is 20.1 Å². The van der Waals surface area contributed by atoms with Crippen molar-refractivity contribution in [1.29, 1.82) is 0 Å². The maximum atomic E-state index is 5.88. The Morgan fingerprint density at radius 3 is 2.92 bits per heavy atom. The predicted molar refractivity (Wildman–Crippen MR) is 105 cm³/mol. The van der Waals surface area contributed by atoms with Crippen LogP contribution in [-0.4, -0.2) is 38.0 Å². The molecule has 6 nitrogen and oxygen atoms in total. The fourth-order valence-corrected chi connectivity index (χ4v) is 4.07. The highest BCUT2D eigenvalue weighted by atomic mass is 127. The van der Waals surface area contributed by atoms with Gasteiger partial charge in [0.1, 0.15) is 0 Å². The van der Waals surface area contributed by atoms with Crippen LogP contribution in [0.25, 0.3) is 0 Å². The van der Waals surface area contributed by atoms with E-state index in [1.54, 1.807) is 7.05 Å². The second-order valence-corrected chi connectivity index (χ2v) is 6.95. The molecule has 0 aliphatic carbocycles. The fourth-order valence-electron chi connectivity index (χ4n) is 3.47. The molecule has 3 heterocycles. The van der Waals surface area contributed by atoms with Gasteiger partial charge in [0.15, 0.2) is 17.5 Å². The van der Waals surface area contributed by atoms with Crippen LogP contribution in [0.4, 0.5) is 0 Å². The molecule has 2 fully saturated rings. The highest BCUT2D eigenvalue weighted by molar-refractivity contribution is 14.0. The maximum Gasteiger partial charge on any atom is 0.231 e. The van der Waals surface area contributed by atoms with E-state index >= 15 is 0 Å². The molecule has 0 aromatic heterocycles. The number of halogens is 2. The van der Waals surface area contributed by atoms with Crippen molar-refractivity contribution in [3.05, 3.63) is 22.2 Å². The molecule has 1 aromatic carbocycles. The van der Waals surface area contributed by atoms with Crippen molar-refractivity contribution in [2.24, 2.45) is 4.99 Å². The van der Waals surface area contributed by atoms with E-state index in [1.807, 2.05) is 12.1 Å². The zero-order valence-corrected chi connectivity index (χ0v) is 17.3. The Bertz CT molecular complexity index is 643. The molecule has 2 bridgehead atoms. The molecule has 2 saturated heterocycles. The molecule has 3 aliphatic rings. The van der Waals surface area contributed by atoms with Crippen molar-refractivity contribution in [2.75, 3.05) is 13.8 Å². The van der Waals surface area contributed by atoms with E-state index in [-0.39, 0.29) is 30.8 Å². The van der Waals surface area contributed by atoms with Crippen LogP contribution in [0.5, 0.6) is 11.5 Å². The Balaban J connectivity index is 0.00000169. The average Bonchev–Trinajstić information content (AvgIpc) is 3.27. The molecule has 3 aliphatic heterocycles. The van der Waals surface area contributed by atoms with Crippen LogP contribution in [0.1, 0.15) is 24.8 Å². The molecule has 132 valence electrons. The number of rotatable bonds is 3. The molecule has 3 atom stereocenters. The first-order valence-electron chi connectivity index (χ1n) is 7.93. The van der Waals surface area contributed by atoms with E-state index in [1.165, 1.54) is 6.42 Å². The van der Waals surface area contributed by atoms with Crippen molar-refractivity contribution in [3.8, 4) is 11.5 Å². The van der Waals surface area contributed by atoms with Crippen molar-refractivity contribution in [3.63, 3.8) is 0 Å². The summed E-state index contributed by atoms with van der Waals surface area (Å²) < 4.78 is 17.6. The normalized spacial score (nSPS) is 27.1. The summed E-state index contributed by atoms with van der Waals surface area (Å²) in [5.41, 5.74) is 1.10. The molecule has 0 saturated carbocycles. The second-order valence-electron chi connectivity index (χ2n) is 6.10. The zero-order valence-electron chi connectivity index (χ0n) is 13.4. The van der Waals surface area contributed by atoms with E-state index in [9.17, 15) is 0 Å². The summed E-state index contributed by atoms with van der Waals surface area (Å²) in [6.07, 6.45) is 4.17. The molecule has 0 spiro atoms. The van der Waals surface area contributed by atoms with Crippen LogP contribution in [0.2, 0.25) is 0 Å². The first-order chi connectivity index (χ1) is 11.2. The van der Waals surface area contributed by atoms with E-state index in [2.05, 4.69) is 31.6 Å². The number of benzene rings is 1. The fraction of sp³-hybridized carbons (Fsp3) is 0.562. The number of nitrogens with one attached hydrogen (secondary N) is 2. The highest BCUT2D eigenvalue weighted by Gasteiger charge is 2.41. The van der Waals surface area contributed by atoms with Crippen LogP contribution in [0.15, 0.2) is 21.6 Å². The minimum atomic E-state index is 0. The minimum absolute atomic E-state index is 0. The van der Waals surface area contributed by atoms with E-state index in [0.29, 0.717) is 24.8 Å². The molecule has 1 aromatic rings. The Kier molecular flexibility index (Phi) is 5.76. The Morgan fingerprint density at radius 2 is 2.21 bits per heavy atom. The lowest BCUT2D eigenvalue weighted by molar-refractivity contribution is 0.0992. The number of hydrogen-bond acceptors (Lipinski definition) is 4. The Hall–Kier alpha value is -0.740. The number of guanidine groups is 1. The van der Waals surface area contributed by atoms with E-state index < -0.39 is 0 Å². The quantitative estimate of drug-likeness (QED) is 0.372. The van der Waals surface area contributed by atoms with Gasteiger partial charge in [-0.05, 0) is 52.9 Å². The van der Waals surface area contributed by atoms with Gasteiger partial charge in [-0.15, -0.1) is 24.0 Å². The molecule has 0 amide bonds. The van der Waals surface area contributed by atoms with Gasteiger partial charge in [0, 0.05) is 13.6 Å². The van der Waals surface area contributed by atoms with Crippen molar-refractivity contribution in [2.45, 2.75) is 44.1 Å². The predicted octanol–water partition coefficient (Wildman–Crippen LogP) is 2.78. The van der Waals surface area contributed by atoms with Crippen LogP contribution in [-0.2, 0) is 11.3 Å². The highest BCUT2D eigenvalue weighted by Crippen LogP contribution is 2.40. The number of nitrogens with zero attached hydrogens (tertiary/aromatic N) is 1. The smallest absolute Gasteiger partial charge is 0.231 e. The number of aliphatic imine (C=N–C) groups is 1. The van der Waals surface area contributed by atoms with E-state index in [0.717, 1.165) is 40.3 Å². The lowest BCUT2D eigenvalue weighted by Gasteiger charge is -2.22. The SMILES string of the molecule is CN=C(NCc1cc(Br)c2c(c1)OCO2)NC1CC2CCC1O2.I. The third kappa shape index (κ3) is 3.60. The third-order valence-corrected chi connectivity index (χ3v) is 5.19. The molecule has 4 rings (SSSR count). The molecule has 24 heavy (non-hydrogen) atoms. The minimum Gasteiger partial charge on any atom is -0.454 e. The van der Waals surface area contributed by atoms with Gasteiger partial charge >= 0.3 is 0 Å². The van der Waals surface area contributed by atoms with Gasteiger partial charge in [-0.1, -0.05) is 0 Å². The summed E-state index contributed by atoms with van der Waals surface area (Å²) in [6, 6.07) is 4.39. The van der Waals surface area contributed by atoms with Gasteiger partial charge in [0.25, 0.3) is 0 Å². The Labute approximate surface area is 166 Å². The third-order valence-electron chi connectivity index (χ3n) is 4.60. The molecular formula is C16H21BrIN3O3. The van der Waals surface area contributed by atoms with Crippen molar-refractivity contribution in [1.82, 2.24) is 10.6 Å². The van der Waals surface area contributed by atoms with E-state index in [4.69, 9.17) is 14.2 Å². The van der Waals surface area contributed by atoms with Crippen molar-refractivity contribution >= 4 is 45.9 Å². The van der Waals surface area contributed by atoms with Gasteiger partial charge in [-0.2, -0.15) is 0 Å². The first kappa shape index (κ1) is 18.1.